The van der Waals surface area contributed by atoms with Gasteiger partial charge < -0.3 is 5.32 Å². The first kappa shape index (κ1) is 16.0. The number of carbonyl (C=O) groups is 1. The Morgan fingerprint density at radius 3 is 2.62 bits per heavy atom. The highest BCUT2D eigenvalue weighted by Gasteiger charge is 2.09. The molecule has 1 heterocycles. The molecule has 0 bridgehead atoms. The Morgan fingerprint density at radius 1 is 0.962 bits per heavy atom. The van der Waals surface area contributed by atoms with Crippen molar-refractivity contribution in [3.8, 4) is 0 Å². The van der Waals surface area contributed by atoms with Crippen molar-refractivity contribution in [1.29, 1.82) is 0 Å². The smallest absolute Gasteiger partial charge is 0.278 e. The highest BCUT2D eigenvalue weighted by molar-refractivity contribution is 5.83. The highest BCUT2D eigenvalue weighted by atomic mass is 16.2. The molecule has 0 saturated carbocycles. The van der Waals surface area contributed by atoms with Gasteiger partial charge in [-0.2, -0.15) is 0 Å². The van der Waals surface area contributed by atoms with Crippen molar-refractivity contribution in [2.75, 3.05) is 0 Å². The van der Waals surface area contributed by atoms with Crippen LogP contribution < -0.4 is 10.9 Å². The summed E-state index contributed by atoms with van der Waals surface area (Å²) in [6.45, 7) is 0.226. The lowest BCUT2D eigenvalue weighted by atomic mass is 10.1. The molecule has 4 aromatic rings. The zero-order valence-corrected chi connectivity index (χ0v) is 13.9. The molecule has 1 amide bonds. The molecule has 26 heavy (non-hydrogen) atoms. The number of hydrogen-bond donors (Lipinski definition) is 1. The molecule has 3 aromatic carbocycles. The summed E-state index contributed by atoms with van der Waals surface area (Å²) in [7, 11) is 0. The van der Waals surface area contributed by atoms with Crippen LogP contribution in [0.2, 0.25) is 0 Å². The molecule has 0 saturated heterocycles. The van der Waals surface area contributed by atoms with Gasteiger partial charge in [-0.15, -0.1) is 5.10 Å². The van der Waals surface area contributed by atoms with Crippen molar-refractivity contribution >= 4 is 27.6 Å². The van der Waals surface area contributed by atoms with Crippen LogP contribution in [-0.2, 0) is 17.9 Å². The Balaban J connectivity index is 1.47. The number of carbonyl (C=O) groups excluding carboxylic acids is 1. The number of amides is 1. The first-order valence-corrected chi connectivity index (χ1v) is 8.28. The van der Waals surface area contributed by atoms with Crippen LogP contribution in [0.1, 0.15) is 5.56 Å². The fraction of sp³-hybridized carbons (Fsp3) is 0.100. The van der Waals surface area contributed by atoms with Gasteiger partial charge in [0.25, 0.3) is 5.56 Å². The van der Waals surface area contributed by atoms with Gasteiger partial charge in [0.2, 0.25) is 5.91 Å². The van der Waals surface area contributed by atoms with Gasteiger partial charge in [0, 0.05) is 6.54 Å². The average Bonchev–Trinajstić information content (AvgIpc) is 2.68. The van der Waals surface area contributed by atoms with Crippen molar-refractivity contribution in [2.45, 2.75) is 13.1 Å². The van der Waals surface area contributed by atoms with Gasteiger partial charge in [0.05, 0.1) is 5.39 Å². The molecular formula is C20H16N4O2. The molecule has 0 radical (unpaired) electrons. The Morgan fingerprint density at radius 2 is 1.73 bits per heavy atom. The molecule has 0 spiro atoms. The third-order valence-electron chi connectivity index (χ3n) is 4.23. The van der Waals surface area contributed by atoms with Crippen LogP contribution in [0.25, 0.3) is 21.7 Å². The van der Waals surface area contributed by atoms with E-state index in [1.807, 2.05) is 42.5 Å². The Bertz CT molecular complexity index is 1170. The summed E-state index contributed by atoms with van der Waals surface area (Å²) in [6, 6.07) is 21.0. The zero-order valence-electron chi connectivity index (χ0n) is 13.9. The molecule has 128 valence electrons. The monoisotopic (exact) mass is 344 g/mol. The van der Waals surface area contributed by atoms with Crippen LogP contribution in [-0.4, -0.2) is 20.9 Å². The largest absolute Gasteiger partial charge is 0.350 e. The van der Waals surface area contributed by atoms with Gasteiger partial charge in [-0.1, -0.05) is 53.7 Å². The van der Waals surface area contributed by atoms with Crippen molar-refractivity contribution in [3.05, 3.63) is 82.6 Å². The van der Waals surface area contributed by atoms with Crippen molar-refractivity contribution in [1.82, 2.24) is 20.3 Å². The second-order valence-corrected chi connectivity index (χ2v) is 6.03. The van der Waals surface area contributed by atoms with Crippen molar-refractivity contribution < 1.29 is 4.79 Å². The van der Waals surface area contributed by atoms with E-state index in [0.717, 1.165) is 21.0 Å². The highest BCUT2D eigenvalue weighted by Crippen LogP contribution is 2.15. The average molecular weight is 344 g/mol. The van der Waals surface area contributed by atoms with E-state index in [2.05, 4.69) is 15.6 Å². The maximum atomic E-state index is 12.4. The Labute approximate surface area is 149 Å². The molecule has 0 aliphatic rings. The lowest BCUT2D eigenvalue weighted by molar-refractivity contribution is -0.122. The first-order chi connectivity index (χ1) is 12.7. The summed E-state index contributed by atoms with van der Waals surface area (Å²) in [4.78, 5) is 24.6. The molecule has 6 nitrogen and oxygen atoms in total. The minimum Gasteiger partial charge on any atom is -0.350 e. The normalized spacial score (nSPS) is 10.9. The molecule has 1 N–H and O–H groups in total. The first-order valence-electron chi connectivity index (χ1n) is 8.28. The fourth-order valence-electron chi connectivity index (χ4n) is 2.87. The van der Waals surface area contributed by atoms with E-state index in [1.165, 1.54) is 0 Å². The van der Waals surface area contributed by atoms with E-state index in [0.29, 0.717) is 17.4 Å². The number of nitrogens with one attached hydrogen (secondary N) is 1. The molecule has 0 fully saturated rings. The minimum atomic E-state index is -0.323. The van der Waals surface area contributed by atoms with E-state index in [9.17, 15) is 9.59 Å². The van der Waals surface area contributed by atoms with E-state index < -0.39 is 0 Å². The number of aromatic nitrogens is 3. The third-order valence-corrected chi connectivity index (χ3v) is 4.23. The summed E-state index contributed by atoms with van der Waals surface area (Å²) < 4.78 is 1.08. The lowest BCUT2D eigenvalue weighted by Gasteiger charge is -2.08. The minimum absolute atomic E-state index is 0.162. The Kier molecular flexibility index (Phi) is 4.15. The second-order valence-electron chi connectivity index (χ2n) is 6.03. The predicted molar refractivity (Wildman–Crippen MR) is 99.6 cm³/mol. The van der Waals surface area contributed by atoms with E-state index in [-0.39, 0.29) is 18.0 Å². The zero-order chi connectivity index (χ0) is 17.9. The van der Waals surface area contributed by atoms with Crippen LogP contribution >= 0.6 is 0 Å². The summed E-state index contributed by atoms with van der Waals surface area (Å²) in [5.74, 6) is -0.287. The fourth-order valence-corrected chi connectivity index (χ4v) is 2.87. The maximum absolute atomic E-state index is 12.4. The maximum Gasteiger partial charge on any atom is 0.278 e. The van der Waals surface area contributed by atoms with Gasteiger partial charge in [-0.05, 0) is 34.5 Å². The van der Waals surface area contributed by atoms with E-state index in [4.69, 9.17) is 0 Å². The van der Waals surface area contributed by atoms with E-state index >= 15 is 0 Å². The topological polar surface area (TPSA) is 76.9 Å². The summed E-state index contributed by atoms with van der Waals surface area (Å²) in [5, 5.41) is 13.4. The van der Waals surface area contributed by atoms with Crippen molar-refractivity contribution in [2.24, 2.45) is 0 Å². The lowest BCUT2D eigenvalue weighted by Crippen LogP contribution is -2.34. The van der Waals surface area contributed by atoms with Crippen LogP contribution in [0.4, 0.5) is 0 Å². The van der Waals surface area contributed by atoms with Crippen LogP contribution in [0.15, 0.2) is 71.5 Å². The standard InChI is InChI=1S/C20H16N4O2/c25-19(13-24-20(26)17-7-3-4-8-18(17)22-23-24)21-12-14-9-10-15-5-1-2-6-16(15)11-14/h1-11H,12-13H2,(H,21,25). The molecule has 1 aromatic heterocycles. The number of rotatable bonds is 4. The van der Waals surface area contributed by atoms with Crippen LogP contribution in [0.3, 0.4) is 0 Å². The quantitative estimate of drug-likeness (QED) is 0.616. The predicted octanol–water partition coefficient (Wildman–Crippen LogP) is 2.26. The second kappa shape index (κ2) is 6.76. The van der Waals surface area contributed by atoms with Gasteiger partial charge >= 0.3 is 0 Å². The van der Waals surface area contributed by atoms with Gasteiger partial charge in [0.15, 0.2) is 0 Å². The van der Waals surface area contributed by atoms with Gasteiger partial charge in [-0.25, -0.2) is 4.68 Å². The molecule has 0 unspecified atom stereocenters. The van der Waals surface area contributed by atoms with Gasteiger partial charge in [-0.3, -0.25) is 9.59 Å². The van der Waals surface area contributed by atoms with Gasteiger partial charge in [0.1, 0.15) is 12.1 Å². The van der Waals surface area contributed by atoms with Crippen LogP contribution in [0, 0.1) is 0 Å². The summed E-state index contributed by atoms with van der Waals surface area (Å²) in [6.07, 6.45) is 0. The number of nitrogens with zero attached hydrogens (tertiary/aromatic N) is 3. The molecule has 0 atom stereocenters. The molecule has 0 aliphatic carbocycles. The molecular weight excluding hydrogens is 328 g/mol. The number of fused-ring (bicyclic) bond motifs is 2. The summed E-state index contributed by atoms with van der Waals surface area (Å²) in [5.41, 5.74) is 1.19. The third kappa shape index (κ3) is 3.17. The SMILES string of the molecule is O=C(Cn1nnc2ccccc2c1=O)NCc1ccc2ccccc2c1. The molecule has 0 aliphatic heterocycles. The number of hydrogen-bond acceptors (Lipinski definition) is 4. The molecule has 6 heteroatoms. The van der Waals surface area contributed by atoms with Crippen LogP contribution in [0.5, 0.6) is 0 Å². The van der Waals surface area contributed by atoms with Crippen molar-refractivity contribution in [3.63, 3.8) is 0 Å². The van der Waals surface area contributed by atoms with E-state index in [1.54, 1.807) is 24.3 Å². The number of benzene rings is 3. The molecule has 4 rings (SSSR count). The summed E-state index contributed by atoms with van der Waals surface area (Å²) >= 11 is 0. The Hall–Kier alpha value is -3.54.